The number of benzene rings is 1. The molecular formula is C21H26N2O4S2. The number of thiophene rings is 1. The summed E-state index contributed by atoms with van der Waals surface area (Å²) in [7, 11) is -3.64. The highest BCUT2D eigenvalue weighted by atomic mass is 32.2. The topological polar surface area (TPSA) is 75.7 Å². The number of carbonyl (C=O) groups is 1. The molecule has 2 aliphatic heterocycles. The maximum absolute atomic E-state index is 13.2. The molecule has 0 radical (unpaired) electrons. The van der Waals surface area contributed by atoms with Gasteiger partial charge in [-0.1, -0.05) is 23.8 Å². The van der Waals surface area contributed by atoms with Crippen LogP contribution in [0.2, 0.25) is 0 Å². The summed E-state index contributed by atoms with van der Waals surface area (Å²) in [5, 5.41) is 5.01. The number of ether oxygens (including phenoxy) is 1. The van der Waals surface area contributed by atoms with Crippen LogP contribution in [0.15, 0.2) is 46.7 Å². The first kappa shape index (κ1) is 20.5. The van der Waals surface area contributed by atoms with Crippen molar-refractivity contribution in [2.45, 2.75) is 31.2 Å². The Labute approximate surface area is 175 Å². The fraction of sp³-hybridized carbons (Fsp3) is 0.476. The number of nitrogens with zero attached hydrogens (tertiary/aromatic N) is 1. The van der Waals surface area contributed by atoms with E-state index in [1.165, 1.54) is 4.31 Å². The summed E-state index contributed by atoms with van der Waals surface area (Å²) in [6.07, 6.45) is 1.40. The van der Waals surface area contributed by atoms with E-state index in [1.54, 1.807) is 35.6 Å². The SMILES string of the molecule is Cc1ccc(S(=O)(=O)N2C[C@@H](C(=O)NCc3cccs3)C3(CCOCC3)C2)cc1. The monoisotopic (exact) mass is 434 g/mol. The van der Waals surface area contributed by atoms with Crippen LogP contribution in [0, 0.1) is 18.3 Å². The van der Waals surface area contributed by atoms with E-state index in [-0.39, 0.29) is 28.7 Å². The van der Waals surface area contributed by atoms with Crippen LogP contribution in [0.25, 0.3) is 0 Å². The Kier molecular flexibility index (Phi) is 5.79. The van der Waals surface area contributed by atoms with Gasteiger partial charge in [0.05, 0.1) is 17.4 Å². The Morgan fingerprint density at radius 2 is 1.97 bits per heavy atom. The number of hydrogen-bond donors (Lipinski definition) is 1. The molecule has 8 heteroatoms. The molecule has 0 unspecified atom stereocenters. The van der Waals surface area contributed by atoms with Crippen LogP contribution in [0.3, 0.4) is 0 Å². The van der Waals surface area contributed by atoms with Gasteiger partial charge < -0.3 is 10.1 Å². The molecule has 2 saturated heterocycles. The molecule has 2 fully saturated rings. The fourth-order valence-corrected chi connectivity index (χ4v) is 6.52. The number of hydrogen-bond acceptors (Lipinski definition) is 5. The third-order valence-corrected chi connectivity index (χ3v) is 8.80. The molecule has 0 saturated carbocycles. The molecule has 29 heavy (non-hydrogen) atoms. The predicted octanol–water partition coefficient (Wildman–Crippen LogP) is 2.79. The van der Waals surface area contributed by atoms with Gasteiger partial charge in [-0.05, 0) is 43.3 Å². The quantitative estimate of drug-likeness (QED) is 0.785. The average Bonchev–Trinajstić information content (AvgIpc) is 3.36. The Morgan fingerprint density at radius 1 is 1.24 bits per heavy atom. The van der Waals surface area contributed by atoms with Crippen LogP contribution < -0.4 is 5.32 Å². The van der Waals surface area contributed by atoms with Gasteiger partial charge >= 0.3 is 0 Å². The highest BCUT2D eigenvalue weighted by Crippen LogP contribution is 2.46. The van der Waals surface area contributed by atoms with Crippen molar-refractivity contribution in [3.63, 3.8) is 0 Å². The van der Waals surface area contributed by atoms with Crippen LogP contribution in [0.5, 0.6) is 0 Å². The molecule has 6 nitrogen and oxygen atoms in total. The second-order valence-electron chi connectivity index (χ2n) is 7.94. The van der Waals surface area contributed by atoms with Gasteiger partial charge in [0, 0.05) is 36.6 Å². The number of aryl methyl sites for hydroxylation is 1. The normalized spacial score (nSPS) is 22.0. The van der Waals surface area contributed by atoms with Crippen molar-refractivity contribution in [2.24, 2.45) is 11.3 Å². The van der Waals surface area contributed by atoms with E-state index in [2.05, 4.69) is 5.32 Å². The molecule has 3 heterocycles. The molecule has 2 aliphatic rings. The van der Waals surface area contributed by atoms with E-state index in [0.717, 1.165) is 10.4 Å². The number of carbonyl (C=O) groups excluding carboxylic acids is 1. The van der Waals surface area contributed by atoms with Crippen molar-refractivity contribution in [1.29, 1.82) is 0 Å². The molecule has 0 bridgehead atoms. The predicted molar refractivity (Wildman–Crippen MR) is 112 cm³/mol. The van der Waals surface area contributed by atoms with Crippen molar-refractivity contribution in [3.8, 4) is 0 Å². The number of rotatable bonds is 5. The van der Waals surface area contributed by atoms with E-state index < -0.39 is 10.0 Å². The maximum atomic E-state index is 13.2. The van der Waals surface area contributed by atoms with E-state index in [4.69, 9.17) is 4.74 Å². The van der Waals surface area contributed by atoms with E-state index >= 15 is 0 Å². The molecule has 1 spiro atoms. The van der Waals surface area contributed by atoms with Crippen LogP contribution in [0.4, 0.5) is 0 Å². The highest BCUT2D eigenvalue weighted by molar-refractivity contribution is 7.89. The van der Waals surface area contributed by atoms with E-state index in [0.29, 0.717) is 39.1 Å². The van der Waals surface area contributed by atoms with E-state index in [1.807, 2.05) is 24.4 Å². The summed E-state index contributed by atoms with van der Waals surface area (Å²) in [5.74, 6) is -0.437. The molecule has 1 amide bonds. The average molecular weight is 435 g/mol. The molecule has 1 aromatic carbocycles. The molecule has 1 aromatic heterocycles. The first-order chi connectivity index (χ1) is 13.9. The standard InChI is InChI=1S/C21H26N2O4S2/c1-16-4-6-18(7-5-16)29(25,26)23-14-19(21(15-23)8-10-27-11-9-21)20(24)22-13-17-3-2-12-28-17/h2-7,12,19H,8-11,13-15H2,1H3,(H,22,24)/t19-/m0/s1. The lowest BCUT2D eigenvalue weighted by molar-refractivity contribution is -0.130. The van der Waals surface area contributed by atoms with Gasteiger partial charge in [0.15, 0.2) is 0 Å². The Morgan fingerprint density at radius 3 is 2.62 bits per heavy atom. The summed E-state index contributed by atoms with van der Waals surface area (Å²) < 4.78 is 33.5. The van der Waals surface area contributed by atoms with Gasteiger partial charge in [0.1, 0.15) is 0 Å². The van der Waals surface area contributed by atoms with E-state index in [9.17, 15) is 13.2 Å². The van der Waals surface area contributed by atoms with Crippen LogP contribution in [-0.4, -0.2) is 44.9 Å². The summed E-state index contributed by atoms with van der Waals surface area (Å²) in [6.45, 7) is 4.11. The molecule has 2 aromatic rings. The van der Waals surface area contributed by atoms with Gasteiger partial charge in [-0.25, -0.2) is 8.42 Å². The minimum atomic E-state index is -3.64. The lowest BCUT2D eigenvalue weighted by Crippen LogP contribution is -2.44. The zero-order valence-corrected chi connectivity index (χ0v) is 18.1. The van der Waals surface area contributed by atoms with Crippen molar-refractivity contribution < 1.29 is 17.9 Å². The van der Waals surface area contributed by atoms with Crippen LogP contribution >= 0.6 is 11.3 Å². The fourth-order valence-electron chi connectivity index (χ4n) is 4.32. The lowest BCUT2D eigenvalue weighted by Gasteiger charge is -2.37. The first-order valence-corrected chi connectivity index (χ1v) is 12.2. The van der Waals surface area contributed by atoms with Crippen LogP contribution in [-0.2, 0) is 26.1 Å². The highest BCUT2D eigenvalue weighted by Gasteiger charge is 2.53. The number of sulfonamides is 1. The lowest BCUT2D eigenvalue weighted by atomic mass is 9.72. The third kappa shape index (κ3) is 4.12. The molecular weight excluding hydrogens is 408 g/mol. The van der Waals surface area contributed by atoms with Gasteiger partial charge in [-0.3, -0.25) is 4.79 Å². The van der Waals surface area contributed by atoms with Gasteiger partial charge in [0.25, 0.3) is 0 Å². The zero-order chi connectivity index (χ0) is 20.5. The van der Waals surface area contributed by atoms with Gasteiger partial charge in [0.2, 0.25) is 15.9 Å². The Hall–Kier alpha value is -1.74. The summed E-state index contributed by atoms with van der Waals surface area (Å²) in [5.41, 5.74) is 0.646. The molecule has 1 atom stereocenters. The number of nitrogens with one attached hydrogen (secondary N) is 1. The van der Waals surface area contributed by atoms with Gasteiger partial charge in [-0.15, -0.1) is 11.3 Å². The largest absolute Gasteiger partial charge is 0.381 e. The summed E-state index contributed by atoms with van der Waals surface area (Å²) in [6, 6.07) is 10.8. The van der Waals surface area contributed by atoms with Crippen molar-refractivity contribution in [1.82, 2.24) is 9.62 Å². The van der Waals surface area contributed by atoms with Crippen molar-refractivity contribution in [3.05, 3.63) is 52.2 Å². The Bertz CT molecular complexity index is 949. The minimum absolute atomic E-state index is 0.0677. The van der Waals surface area contributed by atoms with Crippen molar-refractivity contribution in [2.75, 3.05) is 26.3 Å². The van der Waals surface area contributed by atoms with Gasteiger partial charge in [-0.2, -0.15) is 4.31 Å². The molecule has 1 N–H and O–H groups in total. The minimum Gasteiger partial charge on any atom is -0.381 e. The smallest absolute Gasteiger partial charge is 0.243 e. The summed E-state index contributed by atoms with van der Waals surface area (Å²) in [4.78, 5) is 14.5. The molecule has 0 aliphatic carbocycles. The molecule has 4 rings (SSSR count). The van der Waals surface area contributed by atoms with Crippen molar-refractivity contribution >= 4 is 27.3 Å². The Balaban J connectivity index is 1.56. The maximum Gasteiger partial charge on any atom is 0.243 e. The van der Waals surface area contributed by atoms with Crippen LogP contribution in [0.1, 0.15) is 23.3 Å². The second kappa shape index (κ2) is 8.18. The first-order valence-electron chi connectivity index (χ1n) is 9.85. The second-order valence-corrected chi connectivity index (χ2v) is 10.9. The summed E-state index contributed by atoms with van der Waals surface area (Å²) >= 11 is 1.60. The zero-order valence-electron chi connectivity index (χ0n) is 16.5. The third-order valence-electron chi connectivity index (χ3n) is 6.10. The number of amides is 1. The molecule has 156 valence electrons.